The Morgan fingerprint density at radius 3 is 1.27 bits per heavy atom. The molecule has 0 aliphatic carbocycles. The van der Waals surface area contributed by atoms with E-state index in [4.69, 9.17) is 9.47 Å². The third kappa shape index (κ3) is 39.0. The number of allylic oxidation sites excluding steroid dienone is 4. The number of rotatable bonds is 41. The number of aliphatic hydroxyl groups excluding tert-OH is 1. The molecule has 56 heavy (non-hydrogen) atoms. The summed E-state index contributed by atoms with van der Waals surface area (Å²) in [5.74, 6) is 0.154. The van der Waals surface area contributed by atoms with E-state index in [9.17, 15) is 19.5 Å². The molecule has 0 spiro atoms. The van der Waals surface area contributed by atoms with Gasteiger partial charge in [-0.3, -0.25) is 14.4 Å². The molecule has 0 fully saturated rings. The van der Waals surface area contributed by atoms with Crippen molar-refractivity contribution in [3.05, 3.63) is 24.3 Å². The SMILES string of the molecule is CCCCCCCC/C=C\CCCCCCCC(=O)OCCN(CCOC(=O)CCCCCCC/C=C\CCCCCCCC)C(=O)SCC[N+](C)(C)CCO. The van der Waals surface area contributed by atoms with E-state index in [1.54, 1.807) is 4.90 Å². The normalized spacial score (nSPS) is 11.9. The van der Waals surface area contributed by atoms with E-state index >= 15 is 0 Å². The molecule has 8 nitrogen and oxygen atoms in total. The van der Waals surface area contributed by atoms with Crippen molar-refractivity contribution in [3.8, 4) is 0 Å². The predicted octanol–water partition coefficient (Wildman–Crippen LogP) is 12.4. The Morgan fingerprint density at radius 1 is 0.536 bits per heavy atom. The van der Waals surface area contributed by atoms with Crippen LogP contribution in [0.1, 0.15) is 194 Å². The zero-order valence-electron chi connectivity index (χ0n) is 37.1. The molecular formula is C47H89N2O6S+. The van der Waals surface area contributed by atoms with Crippen molar-refractivity contribution >= 4 is 28.9 Å². The number of nitrogens with zero attached hydrogens (tertiary/aromatic N) is 2. The van der Waals surface area contributed by atoms with E-state index in [2.05, 4.69) is 38.2 Å². The number of esters is 2. The lowest BCUT2D eigenvalue weighted by molar-refractivity contribution is -0.888. The van der Waals surface area contributed by atoms with Crippen molar-refractivity contribution in [3.63, 3.8) is 0 Å². The summed E-state index contributed by atoms with van der Waals surface area (Å²) in [6.07, 6.45) is 41.7. The smallest absolute Gasteiger partial charge is 0.305 e. The van der Waals surface area contributed by atoms with Crippen molar-refractivity contribution in [2.75, 3.05) is 65.8 Å². The minimum absolute atomic E-state index is 0.0997. The Hall–Kier alpha value is -1.84. The first kappa shape index (κ1) is 54.2. The summed E-state index contributed by atoms with van der Waals surface area (Å²) in [5, 5.41) is 9.21. The van der Waals surface area contributed by atoms with E-state index in [-0.39, 0.29) is 50.1 Å². The van der Waals surface area contributed by atoms with Crippen LogP contribution in [0.15, 0.2) is 24.3 Å². The predicted molar refractivity (Wildman–Crippen MR) is 239 cm³/mol. The summed E-state index contributed by atoms with van der Waals surface area (Å²) in [6, 6.07) is 0. The second-order valence-electron chi connectivity index (χ2n) is 16.3. The highest BCUT2D eigenvalue weighted by Crippen LogP contribution is 2.14. The van der Waals surface area contributed by atoms with E-state index in [0.29, 0.717) is 29.6 Å². The summed E-state index contributed by atoms with van der Waals surface area (Å²) in [6.45, 7) is 6.77. The largest absolute Gasteiger partial charge is 0.464 e. The fourth-order valence-corrected chi connectivity index (χ4v) is 7.64. The van der Waals surface area contributed by atoms with Gasteiger partial charge in [0, 0.05) is 12.8 Å². The van der Waals surface area contributed by atoms with Crippen LogP contribution >= 0.6 is 11.8 Å². The number of carbonyl (C=O) groups is 3. The molecule has 0 atom stereocenters. The molecular weight excluding hydrogens is 721 g/mol. The van der Waals surface area contributed by atoms with Gasteiger partial charge in [-0.2, -0.15) is 0 Å². The number of unbranched alkanes of at least 4 members (excludes halogenated alkanes) is 22. The van der Waals surface area contributed by atoms with Gasteiger partial charge in [-0.15, -0.1) is 0 Å². The monoisotopic (exact) mass is 810 g/mol. The van der Waals surface area contributed by atoms with Gasteiger partial charge >= 0.3 is 11.9 Å². The molecule has 0 aromatic rings. The molecule has 0 aliphatic heterocycles. The summed E-state index contributed by atoms with van der Waals surface area (Å²) in [5.41, 5.74) is 0. The maximum atomic E-state index is 13.1. The second-order valence-corrected chi connectivity index (χ2v) is 17.4. The third-order valence-electron chi connectivity index (χ3n) is 10.4. The van der Waals surface area contributed by atoms with Crippen molar-refractivity contribution in [2.45, 2.75) is 194 Å². The minimum Gasteiger partial charge on any atom is -0.464 e. The van der Waals surface area contributed by atoms with Gasteiger partial charge < -0.3 is 24.0 Å². The van der Waals surface area contributed by atoms with Crippen LogP contribution in [0.2, 0.25) is 0 Å². The first-order valence-electron chi connectivity index (χ1n) is 23.2. The van der Waals surface area contributed by atoms with E-state index < -0.39 is 0 Å². The first-order chi connectivity index (χ1) is 27.3. The molecule has 0 saturated carbocycles. The standard InChI is InChI=1S/C47H89N2O6S/c1-5-7-9-11-13-15-17-19-21-23-25-27-29-31-33-35-45(51)54-42-37-48(47(53)56-44-40-49(3,4)39-41-50)38-43-55-46(52)36-34-32-30-28-26-24-22-20-18-16-14-12-10-8-6-2/h19-22,50H,5-18,23-44H2,1-4H3/q+1/b21-19-,22-20-. The number of thioether (sulfide) groups is 1. The number of hydrogen-bond donors (Lipinski definition) is 1. The van der Waals surface area contributed by atoms with Crippen molar-refractivity contribution in [1.29, 1.82) is 0 Å². The summed E-state index contributed by atoms with van der Waals surface area (Å²) >= 11 is 1.22. The Labute approximate surface area is 350 Å². The second kappa shape index (κ2) is 41.3. The summed E-state index contributed by atoms with van der Waals surface area (Å²) < 4.78 is 11.6. The van der Waals surface area contributed by atoms with Gasteiger partial charge in [-0.25, -0.2) is 0 Å². The maximum absolute atomic E-state index is 13.1. The van der Waals surface area contributed by atoms with E-state index in [1.807, 2.05) is 14.1 Å². The van der Waals surface area contributed by atoms with Crippen LogP contribution in [0.25, 0.3) is 0 Å². The van der Waals surface area contributed by atoms with Gasteiger partial charge in [0.2, 0.25) is 0 Å². The zero-order chi connectivity index (χ0) is 41.2. The fraction of sp³-hybridized carbons (Fsp3) is 0.851. The van der Waals surface area contributed by atoms with Gasteiger partial charge in [0.05, 0.1) is 46.1 Å². The van der Waals surface area contributed by atoms with Crippen molar-refractivity contribution in [2.24, 2.45) is 0 Å². The molecule has 0 bridgehead atoms. The van der Waals surface area contributed by atoms with Crippen molar-refractivity contribution in [1.82, 2.24) is 4.90 Å². The highest BCUT2D eigenvalue weighted by molar-refractivity contribution is 8.13. The van der Waals surface area contributed by atoms with Gasteiger partial charge in [-0.1, -0.05) is 153 Å². The van der Waals surface area contributed by atoms with Crippen LogP contribution in [0, 0.1) is 0 Å². The molecule has 0 aromatic carbocycles. The molecule has 0 unspecified atom stereocenters. The average Bonchev–Trinajstić information content (AvgIpc) is 3.17. The third-order valence-corrected chi connectivity index (χ3v) is 11.3. The van der Waals surface area contributed by atoms with Crippen LogP contribution in [0.3, 0.4) is 0 Å². The Balaban J connectivity index is 4.26. The fourth-order valence-electron chi connectivity index (χ4n) is 6.51. The minimum atomic E-state index is -0.225. The lowest BCUT2D eigenvalue weighted by Gasteiger charge is -2.29. The highest BCUT2D eigenvalue weighted by Gasteiger charge is 2.19. The lowest BCUT2D eigenvalue weighted by Crippen LogP contribution is -2.44. The molecule has 9 heteroatoms. The Kier molecular flexibility index (Phi) is 40.0. The quantitative estimate of drug-likeness (QED) is 0.0284. The first-order valence-corrected chi connectivity index (χ1v) is 24.2. The van der Waals surface area contributed by atoms with E-state index in [0.717, 1.165) is 57.9 Å². The number of quaternary nitrogens is 1. The Bertz CT molecular complexity index is 914. The van der Waals surface area contributed by atoms with Crippen LogP contribution in [-0.2, 0) is 19.1 Å². The van der Waals surface area contributed by atoms with Crippen LogP contribution in [-0.4, -0.2) is 97.5 Å². The summed E-state index contributed by atoms with van der Waals surface area (Å²) in [4.78, 5) is 39.6. The Morgan fingerprint density at radius 2 is 0.893 bits per heavy atom. The van der Waals surface area contributed by atoms with Crippen LogP contribution < -0.4 is 0 Å². The average molecular weight is 810 g/mol. The topological polar surface area (TPSA) is 93.1 Å². The number of amides is 1. The van der Waals surface area contributed by atoms with E-state index in [1.165, 1.54) is 127 Å². The molecule has 328 valence electrons. The number of carbonyl (C=O) groups excluding carboxylic acids is 3. The van der Waals surface area contributed by atoms with Crippen LogP contribution in [0.4, 0.5) is 4.79 Å². The number of hydrogen-bond acceptors (Lipinski definition) is 7. The molecule has 0 rings (SSSR count). The van der Waals surface area contributed by atoms with Crippen LogP contribution in [0.5, 0.6) is 0 Å². The molecule has 0 heterocycles. The lowest BCUT2D eigenvalue weighted by atomic mass is 10.1. The number of ether oxygens (including phenoxy) is 2. The highest BCUT2D eigenvalue weighted by atomic mass is 32.2. The van der Waals surface area contributed by atoms with Gasteiger partial charge in [0.1, 0.15) is 19.8 Å². The maximum Gasteiger partial charge on any atom is 0.305 e. The molecule has 1 N–H and O–H groups in total. The van der Waals surface area contributed by atoms with Gasteiger partial charge in [-0.05, 0) is 64.2 Å². The molecule has 0 aliphatic rings. The summed E-state index contributed by atoms with van der Waals surface area (Å²) in [7, 11) is 4.06. The molecule has 1 amide bonds. The van der Waals surface area contributed by atoms with Gasteiger partial charge in [0.25, 0.3) is 5.24 Å². The molecule has 0 saturated heterocycles. The van der Waals surface area contributed by atoms with Gasteiger partial charge in [0.15, 0.2) is 0 Å². The number of aliphatic hydroxyl groups is 1. The number of likely N-dealkylation sites (N-methyl/N-ethyl adjacent to an activating group) is 1. The zero-order valence-corrected chi connectivity index (χ0v) is 37.9. The molecule has 0 radical (unpaired) electrons. The van der Waals surface area contributed by atoms with Crippen molar-refractivity contribution < 1.29 is 33.4 Å². The molecule has 0 aromatic heterocycles.